The monoisotopic (exact) mass is 636 g/mol. The Bertz CT molecular complexity index is 440. The molecular formula is C23H46Cl6O3Si2. The maximum Gasteiger partial charge on any atom is 0.344 e. The highest BCUT2D eigenvalue weighted by Gasteiger charge is 2.42. The Labute approximate surface area is 239 Å². The van der Waals surface area contributed by atoms with Crippen molar-refractivity contribution in [1.29, 1.82) is 0 Å². The van der Waals surface area contributed by atoms with Gasteiger partial charge in [-0.15, -0.1) is 66.5 Å². The molecular weight excluding hydrogens is 593 g/mol. The third kappa shape index (κ3) is 27.1. The van der Waals surface area contributed by atoms with Crippen molar-refractivity contribution in [2.75, 3.05) is 40.1 Å². The van der Waals surface area contributed by atoms with E-state index >= 15 is 0 Å². The molecule has 11 heteroatoms. The molecule has 0 amide bonds. The van der Waals surface area contributed by atoms with Crippen molar-refractivity contribution in [1.82, 2.24) is 0 Å². The van der Waals surface area contributed by atoms with Gasteiger partial charge >= 0.3 is 12.0 Å². The van der Waals surface area contributed by atoms with E-state index in [1.165, 1.54) is 64.2 Å². The van der Waals surface area contributed by atoms with Crippen LogP contribution in [0.1, 0.15) is 96.3 Å². The van der Waals surface area contributed by atoms with Gasteiger partial charge in [0.1, 0.15) is 0 Å². The van der Waals surface area contributed by atoms with Gasteiger partial charge in [-0.05, 0) is 43.7 Å². The molecule has 0 aromatic heterocycles. The van der Waals surface area contributed by atoms with Crippen molar-refractivity contribution in [2.24, 2.45) is 0 Å². The van der Waals surface area contributed by atoms with Gasteiger partial charge in [-0.3, -0.25) is 0 Å². The molecule has 0 heterocycles. The quantitative estimate of drug-likeness (QED) is 0.0536. The number of ether oxygens (including phenoxy) is 3. The number of rotatable bonds is 26. The van der Waals surface area contributed by atoms with Crippen molar-refractivity contribution < 1.29 is 14.2 Å². The fraction of sp³-hybridized carbons (Fsp3) is 1.00. The maximum absolute atomic E-state index is 6.20. The first kappa shape index (κ1) is 36.1. The molecule has 0 rings (SSSR count). The van der Waals surface area contributed by atoms with Crippen molar-refractivity contribution >= 4 is 78.5 Å². The predicted molar refractivity (Wildman–Crippen MR) is 158 cm³/mol. The van der Waals surface area contributed by atoms with Crippen LogP contribution in [0.15, 0.2) is 0 Å². The predicted octanol–water partition coefficient (Wildman–Crippen LogP) is 10.2. The number of methoxy groups -OCH3 is 1. The molecule has 0 fully saturated rings. The van der Waals surface area contributed by atoms with E-state index < -0.39 is 12.0 Å². The molecule has 1 atom stereocenters. The molecule has 0 N–H and O–H groups in total. The van der Waals surface area contributed by atoms with Crippen LogP contribution in [0.2, 0.25) is 11.6 Å². The first-order valence-electron chi connectivity index (χ1n) is 12.9. The standard InChI is InChI=1S/C23H46Cl6O3Si2/c1-30-17-15-21-32-20-14-10-6-5-9-13-19-31-18-12-8-4-2-3-7-11-16-23(34(27,28)29)22-33(24,25)26/h23H,2-22H2,1H3. The van der Waals surface area contributed by atoms with Crippen LogP contribution in [-0.2, 0) is 14.2 Å². The van der Waals surface area contributed by atoms with E-state index in [0.717, 1.165) is 65.1 Å². The van der Waals surface area contributed by atoms with Crippen LogP contribution < -0.4 is 0 Å². The molecule has 0 saturated carbocycles. The second-order valence-electron chi connectivity index (χ2n) is 9.01. The van der Waals surface area contributed by atoms with Gasteiger partial charge in [0.15, 0.2) is 0 Å². The third-order valence-electron chi connectivity index (χ3n) is 5.75. The lowest BCUT2D eigenvalue weighted by Gasteiger charge is -2.24. The van der Waals surface area contributed by atoms with E-state index in [2.05, 4.69) is 0 Å². The first-order valence-corrected chi connectivity index (χ1v) is 23.3. The minimum Gasteiger partial charge on any atom is -0.385 e. The van der Waals surface area contributed by atoms with Gasteiger partial charge in [-0.25, -0.2) is 0 Å². The van der Waals surface area contributed by atoms with Crippen molar-refractivity contribution in [2.45, 2.75) is 108 Å². The van der Waals surface area contributed by atoms with E-state index in [-0.39, 0.29) is 5.54 Å². The van der Waals surface area contributed by atoms with Crippen molar-refractivity contribution in [3.8, 4) is 0 Å². The van der Waals surface area contributed by atoms with Crippen molar-refractivity contribution in [3.63, 3.8) is 0 Å². The summed E-state index contributed by atoms with van der Waals surface area (Å²) in [6.45, 7) is 4.26. The lowest BCUT2D eigenvalue weighted by molar-refractivity contribution is 0.0999. The van der Waals surface area contributed by atoms with Crippen LogP contribution >= 0.6 is 66.5 Å². The van der Waals surface area contributed by atoms with Crippen LogP contribution in [-0.4, -0.2) is 52.2 Å². The van der Waals surface area contributed by atoms with Crippen LogP contribution in [0, 0.1) is 0 Å². The van der Waals surface area contributed by atoms with Gasteiger partial charge in [-0.2, -0.15) is 0 Å². The Balaban J connectivity index is 3.32. The van der Waals surface area contributed by atoms with Crippen LogP contribution in [0.4, 0.5) is 0 Å². The minimum atomic E-state index is -2.84. The second-order valence-corrected chi connectivity index (χ2v) is 27.2. The summed E-state index contributed by atoms with van der Waals surface area (Å²) < 4.78 is 16.3. The van der Waals surface area contributed by atoms with E-state index in [4.69, 9.17) is 80.7 Å². The summed E-state index contributed by atoms with van der Waals surface area (Å²) in [6, 6.07) is -5.16. The average Bonchev–Trinajstić information content (AvgIpc) is 2.75. The highest BCUT2D eigenvalue weighted by Crippen LogP contribution is 2.45. The van der Waals surface area contributed by atoms with E-state index in [1.54, 1.807) is 7.11 Å². The lowest BCUT2D eigenvalue weighted by Crippen LogP contribution is -2.25. The summed E-state index contributed by atoms with van der Waals surface area (Å²) in [4.78, 5) is 0. The average molecular weight is 640 g/mol. The molecule has 1 unspecified atom stereocenters. The molecule has 0 aliphatic carbocycles. The molecule has 0 saturated heterocycles. The Morgan fingerprint density at radius 1 is 0.500 bits per heavy atom. The van der Waals surface area contributed by atoms with Crippen LogP contribution in [0.3, 0.4) is 0 Å². The minimum absolute atomic E-state index is 0.0511. The topological polar surface area (TPSA) is 27.7 Å². The van der Waals surface area contributed by atoms with Gasteiger partial charge in [-0.1, -0.05) is 64.2 Å². The zero-order chi connectivity index (χ0) is 25.5. The van der Waals surface area contributed by atoms with Crippen LogP contribution in [0.25, 0.3) is 0 Å². The highest BCUT2D eigenvalue weighted by atomic mass is 35.8. The van der Waals surface area contributed by atoms with Crippen molar-refractivity contribution in [3.05, 3.63) is 0 Å². The smallest absolute Gasteiger partial charge is 0.344 e. The van der Waals surface area contributed by atoms with E-state index in [0.29, 0.717) is 6.04 Å². The zero-order valence-corrected chi connectivity index (χ0v) is 27.5. The summed E-state index contributed by atoms with van der Waals surface area (Å²) in [7, 11) is 1.73. The Kier molecular flexibility index (Phi) is 25.6. The molecule has 206 valence electrons. The summed E-state index contributed by atoms with van der Waals surface area (Å²) >= 11 is 36.7. The summed E-state index contributed by atoms with van der Waals surface area (Å²) in [5.41, 5.74) is -0.0511. The Morgan fingerprint density at radius 3 is 1.26 bits per heavy atom. The largest absolute Gasteiger partial charge is 0.385 e. The normalized spacial score (nSPS) is 13.5. The van der Waals surface area contributed by atoms with Gasteiger partial charge < -0.3 is 14.2 Å². The number of unbranched alkanes of at least 4 members (excludes halogenated alkanes) is 11. The van der Waals surface area contributed by atoms with E-state index in [9.17, 15) is 0 Å². The van der Waals surface area contributed by atoms with Gasteiger partial charge in [0.25, 0.3) is 0 Å². The summed E-state index contributed by atoms with van der Waals surface area (Å²) in [5, 5.41) is 0. The molecule has 0 spiro atoms. The molecule has 0 aliphatic heterocycles. The molecule has 0 radical (unpaired) electrons. The molecule has 0 aromatic carbocycles. The number of hydrogen-bond acceptors (Lipinski definition) is 3. The number of halogens is 6. The third-order valence-corrected chi connectivity index (χ3v) is 12.7. The van der Waals surface area contributed by atoms with Crippen LogP contribution in [0.5, 0.6) is 0 Å². The Morgan fingerprint density at radius 2 is 0.882 bits per heavy atom. The van der Waals surface area contributed by atoms with E-state index in [1.807, 2.05) is 0 Å². The second kappa shape index (κ2) is 24.1. The molecule has 34 heavy (non-hydrogen) atoms. The van der Waals surface area contributed by atoms with Gasteiger partial charge in [0.05, 0.1) is 0 Å². The summed E-state index contributed by atoms with van der Waals surface area (Å²) in [5.74, 6) is 0. The summed E-state index contributed by atoms with van der Waals surface area (Å²) in [6.07, 6.45) is 17.6. The molecule has 0 aromatic rings. The maximum atomic E-state index is 6.20. The zero-order valence-electron chi connectivity index (χ0n) is 20.9. The van der Waals surface area contributed by atoms with Gasteiger partial charge in [0.2, 0.25) is 0 Å². The van der Waals surface area contributed by atoms with Gasteiger partial charge in [0, 0.05) is 40.1 Å². The first-order chi connectivity index (χ1) is 16.2. The molecule has 0 aliphatic rings. The lowest BCUT2D eigenvalue weighted by atomic mass is 10.1. The fourth-order valence-electron chi connectivity index (χ4n) is 3.76. The SMILES string of the molecule is COCCCOCCCCCCCCOCCCCCCCCCC(C[Si](Cl)(Cl)Cl)[Si](Cl)(Cl)Cl. The number of hydrogen-bond donors (Lipinski definition) is 0. The molecule has 3 nitrogen and oxygen atoms in total. The Hall–Kier alpha value is 2.05. The molecule has 0 bridgehead atoms. The highest BCUT2D eigenvalue weighted by molar-refractivity contribution is 7.67. The fourth-order valence-corrected chi connectivity index (χ4v) is 12.8.